The van der Waals surface area contributed by atoms with Gasteiger partial charge in [0.2, 0.25) is 5.91 Å². The summed E-state index contributed by atoms with van der Waals surface area (Å²) in [6.07, 6.45) is 0.533. The fourth-order valence-corrected chi connectivity index (χ4v) is 5.01. The summed E-state index contributed by atoms with van der Waals surface area (Å²) < 4.78 is 1.24. The molecule has 1 amide bonds. The first-order valence-corrected chi connectivity index (χ1v) is 10.3. The molecule has 1 saturated heterocycles. The molecule has 0 spiro atoms. The first-order chi connectivity index (χ1) is 12.2. The monoisotopic (exact) mass is 371 g/mol. The Morgan fingerprint density at radius 1 is 1.16 bits per heavy atom. The van der Waals surface area contributed by atoms with Crippen molar-refractivity contribution in [2.45, 2.75) is 19.4 Å². The summed E-state index contributed by atoms with van der Waals surface area (Å²) in [7, 11) is 0. The van der Waals surface area contributed by atoms with Crippen LogP contribution in [0.15, 0.2) is 41.8 Å². The highest BCUT2D eigenvalue weighted by Crippen LogP contribution is 2.30. The van der Waals surface area contributed by atoms with Crippen molar-refractivity contribution >= 4 is 38.8 Å². The summed E-state index contributed by atoms with van der Waals surface area (Å²) in [5.41, 5.74) is 1.08. The minimum absolute atomic E-state index is 0.245. The zero-order chi connectivity index (χ0) is 17.2. The van der Waals surface area contributed by atoms with E-state index in [1.165, 1.54) is 9.71 Å². The number of thiazole rings is 1. The van der Waals surface area contributed by atoms with Gasteiger partial charge in [-0.15, -0.1) is 22.7 Å². The number of carbonyl (C=O) groups is 1. The molecule has 0 N–H and O–H groups in total. The van der Waals surface area contributed by atoms with E-state index in [9.17, 15) is 4.79 Å². The molecule has 1 unspecified atom stereocenters. The number of hydrogen-bond acceptors (Lipinski definition) is 5. The fourth-order valence-electron chi connectivity index (χ4n) is 3.26. The fraction of sp³-hybridized carbons (Fsp3) is 0.368. The maximum absolute atomic E-state index is 12.4. The van der Waals surface area contributed by atoms with E-state index in [1.807, 2.05) is 28.5 Å². The normalized spacial score (nSPS) is 17.1. The highest BCUT2D eigenvalue weighted by Gasteiger charge is 2.26. The summed E-state index contributed by atoms with van der Waals surface area (Å²) in [5, 5.41) is 3.19. The number of para-hydroxylation sites is 1. The Bertz CT molecular complexity index is 818. The molecule has 0 bridgehead atoms. The molecule has 3 heterocycles. The second-order valence-electron chi connectivity index (χ2n) is 6.37. The van der Waals surface area contributed by atoms with Gasteiger partial charge in [0.05, 0.1) is 22.7 Å². The van der Waals surface area contributed by atoms with Crippen molar-refractivity contribution in [3.8, 4) is 0 Å². The number of amides is 1. The largest absolute Gasteiger partial charge is 0.340 e. The lowest BCUT2D eigenvalue weighted by Crippen LogP contribution is -2.49. The van der Waals surface area contributed by atoms with E-state index in [2.05, 4.69) is 30.0 Å². The van der Waals surface area contributed by atoms with Crippen LogP contribution in [0.1, 0.15) is 22.9 Å². The Balaban J connectivity index is 1.37. The second kappa shape index (κ2) is 7.23. The van der Waals surface area contributed by atoms with Crippen LogP contribution in [0.4, 0.5) is 0 Å². The second-order valence-corrected chi connectivity index (χ2v) is 8.46. The summed E-state index contributed by atoms with van der Waals surface area (Å²) in [6.45, 7) is 5.65. The van der Waals surface area contributed by atoms with Crippen molar-refractivity contribution in [1.82, 2.24) is 14.8 Å². The molecule has 25 heavy (non-hydrogen) atoms. The van der Waals surface area contributed by atoms with Crippen molar-refractivity contribution in [2.75, 3.05) is 26.2 Å². The average molecular weight is 372 g/mol. The number of carbonyl (C=O) groups excluding carboxylic acids is 1. The van der Waals surface area contributed by atoms with E-state index >= 15 is 0 Å². The molecule has 0 aliphatic carbocycles. The van der Waals surface area contributed by atoms with Gasteiger partial charge in [0, 0.05) is 31.1 Å². The van der Waals surface area contributed by atoms with Crippen LogP contribution in [-0.4, -0.2) is 46.9 Å². The number of nitrogens with zero attached hydrogens (tertiary/aromatic N) is 3. The number of thiophene rings is 1. The Morgan fingerprint density at radius 2 is 1.96 bits per heavy atom. The van der Waals surface area contributed by atoms with Gasteiger partial charge in [0.1, 0.15) is 5.01 Å². The van der Waals surface area contributed by atoms with Gasteiger partial charge in [0.15, 0.2) is 0 Å². The van der Waals surface area contributed by atoms with E-state index in [1.54, 1.807) is 22.7 Å². The van der Waals surface area contributed by atoms with Gasteiger partial charge < -0.3 is 4.90 Å². The van der Waals surface area contributed by atoms with E-state index < -0.39 is 0 Å². The third-order valence-electron chi connectivity index (χ3n) is 4.79. The van der Waals surface area contributed by atoms with E-state index in [0.29, 0.717) is 12.5 Å². The summed E-state index contributed by atoms with van der Waals surface area (Å²) in [4.78, 5) is 22.8. The topological polar surface area (TPSA) is 36.4 Å². The highest BCUT2D eigenvalue weighted by molar-refractivity contribution is 7.18. The molecule has 1 aromatic carbocycles. The Hall–Kier alpha value is -1.76. The molecule has 3 aromatic rings. The molecule has 130 valence electrons. The zero-order valence-corrected chi connectivity index (χ0v) is 15.9. The number of benzene rings is 1. The third-order valence-corrected chi connectivity index (χ3v) is 6.87. The average Bonchev–Trinajstić information content (AvgIpc) is 3.30. The van der Waals surface area contributed by atoms with Crippen molar-refractivity contribution in [3.63, 3.8) is 0 Å². The zero-order valence-electron chi connectivity index (χ0n) is 14.2. The van der Waals surface area contributed by atoms with Crippen molar-refractivity contribution in [3.05, 3.63) is 51.7 Å². The van der Waals surface area contributed by atoms with Gasteiger partial charge in [0.25, 0.3) is 0 Å². The molecule has 0 radical (unpaired) electrons. The first kappa shape index (κ1) is 16.7. The number of piperazine rings is 1. The Kier molecular flexibility index (Phi) is 4.83. The molecular formula is C19H21N3OS2. The number of hydrogen-bond donors (Lipinski definition) is 0. The number of fused-ring (bicyclic) bond motifs is 1. The van der Waals surface area contributed by atoms with Crippen molar-refractivity contribution < 1.29 is 4.79 Å². The summed E-state index contributed by atoms with van der Waals surface area (Å²) in [5.74, 6) is 0.245. The van der Waals surface area contributed by atoms with Crippen LogP contribution in [0.3, 0.4) is 0 Å². The van der Waals surface area contributed by atoms with E-state index in [4.69, 9.17) is 4.98 Å². The SMILES string of the molecule is CC(c1nc2ccccc2s1)N1CCN(C(=O)Cc2cccs2)CC1. The van der Waals surface area contributed by atoms with E-state index in [-0.39, 0.29) is 5.91 Å². The predicted octanol–water partition coefficient (Wildman–Crippen LogP) is 3.81. The standard InChI is InChI=1S/C19H21N3OS2/c1-14(19-20-16-6-2-3-7-17(16)25-19)21-8-10-22(11-9-21)18(23)13-15-5-4-12-24-15/h2-7,12,14H,8-11,13H2,1H3. The van der Waals surface area contributed by atoms with Gasteiger partial charge in [-0.25, -0.2) is 4.98 Å². The maximum Gasteiger partial charge on any atom is 0.227 e. The van der Waals surface area contributed by atoms with Crippen LogP contribution >= 0.6 is 22.7 Å². The molecule has 1 fully saturated rings. The number of rotatable bonds is 4. The lowest BCUT2D eigenvalue weighted by molar-refractivity contribution is -0.132. The molecule has 1 atom stereocenters. The molecule has 6 heteroatoms. The van der Waals surface area contributed by atoms with Gasteiger partial charge >= 0.3 is 0 Å². The lowest BCUT2D eigenvalue weighted by Gasteiger charge is -2.37. The van der Waals surface area contributed by atoms with Crippen LogP contribution in [0.25, 0.3) is 10.2 Å². The maximum atomic E-state index is 12.4. The third kappa shape index (κ3) is 3.61. The number of aromatic nitrogens is 1. The van der Waals surface area contributed by atoms with Crippen LogP contribution < -0.4 is 0 Å². The summed E-state index contributed by atoms with van der Waals surface area (Å²) >= 11 is 3.43. The Labute approximate surface area is 155 Å². The van der Waals surface area contributed by atoms with Crippen molar-refractivity contribution in [2.24, 2.45) is 0 Å². The van der Waals surface area contributed by atoms with Gasteiger partial charge in [-0.05, 0) is 30.5 Å². The lowest BCUT2D eigenvalue weighted by atomic mass is 10.2. The van der Waals surface area contributed by atoms with Crippen LogP contribution in [0, 0.1) is 0 Å². The van der Waals surface area contributed by atoms with Crippen LogP contribution in [0.2, 0.25) is 0 Å². The minimum Gasteiger partial charge on any atom is -0.340 e. The molecule has 2 aromatic heterocycles. The smallest absolute Gasteiger partial charge is 0.227 e. The van der Waals surface area contributed by atoms with E-state index in [0.717, 1.165) is 36.6 Å². The van der Waals surface area contributed by atoms with Crippen LogP contribution in [-0.2, 0) is 11.2 Å². The quantitative estimate of drug-likeness (QED) is 0.700. The molecule has 4 rings (SSSR count). The molecule has 0 saturated carbocycles. The molecular weight excluding hydrogens is 350 g/mol. The first-order valence-electron chi connectivity index (χ1n) is 8.60. The molecule has 1 aliphatic rings. The van der Waals surface area contributed by atoms with Crippen molar-refractivity contribution in [1.29, 1.82) is 0 Å². The molecule has 1 aliphatic heterocycles. The predicted molar refractivity (Wildman–Crippen MR) is 104 cm³/mol. The summed E-state index contributed by atoms with van der Waals surface area (Å²) in [6, 6.07) is 12.6. The van der Waals surface area contributed by atoms with Gasteiger partial charge in [-0.2, -0.15) is 0 Å². The minimum atomic E-state index is 0.245. The van der Waals surface area contributed by atoms with Gasteiger partial charge in [-0.3, -0.25) is 9.69 Å². The Morgan fingerprint density at radius 3 is 2.68 bits per heavy atom. The van der Waals surface area contributed by atoms with Crippen LogP contribution in [0.5, 0.6) is 0 Å². The molecule has 4 nitrogen and oxygen atoms in total. The highest BCUT2D eigenvalue weighted by atomic mass is 32.1. The van der Waals surface area contributed by atoms with Gasteiger partial charge in [-0.1, -0.05) is 18.2 Å².